The van der Waals surface area contributed by atoms with E-state index >= 15 is 0 Å². The minimum absolute atomic E-state index is 0. The van der Waals surface area contributed by atoms with Gasteiger partial charge in [0.15, 0.2) is 0 Å². The second-order valence-corrected chi connectivity index (χ2v) is 9.98. The highest BCUT2D eigenvalue weighted by molar-refractivity contribution is 5.36. The summed E-state index contributed by atoms with van der Waals surface area (Å²) < 4.78 is 0. The van der Waals surface area contributed by atoms with Crippen molar-refractivity contribution in [1.29, 1.82) is 0 Å². The fraction of sp³-hybridized carbons (Fsp3) is 0.379. The molecule has 2 nitrogen and oxygen atoms in total. The monoisotopic (exact) mass is 424 g/mol. The van der Waals surface area contributed by atoms with Gasteiger partial charge in [-0.05, 0) is 35.1 Å². The van der Waals surface area contributed by atoms with Gasteiger partial charge in [0.1, 0.15) is 0 Å². The third-order valence-corrected chi connectivity index (χ3v) is 2.27. The third kappa shape index (κ3) is 46.9. The van der Waals surface area contributed by atoms with Gasteiger partial charge in [-0.3, -0.25) is 0 Å². The van der Waals surface area contributed by atoms with E-state index < -0.39 is 0 Å². The predicted octanol–water partition coefficient (Wildman–Crippen LogP) is 8.97. The molecule has 3 aromatic carbocycles. The van der Waals surface area contributed by atoms with Crippen molar-refractivity contribution in [1.82, 2.24) is 0 Å². The van der Waals surface area contributed by atoms with Crippen molar-refractivity contribution in [2.75, 3.05) is 11.5 Å². The summed E-state index contributed by atoms with van der Waals surface area (Å²) in [6.45, 7) is 17.5. The van der Waals surface area contributed by atoms with Gasteiger partial charge in [-0.15, -0.1) is 0 Å². The summed E-state index contributed by atoms with van der Waals surface area (Å²) in [4.78, 5) is 0. The van der Waals surface area contributed by atoms with Crippen LogP contribution in [0.5, 0.6) is 0 Å². The molecular weight excluding hydrogens is 376 g/mol. The number of rotatable bonds is 0. The van der Waals surface area contributed by atoms with E-state index in [0.717, 1.165) is 11.4 Å². The normalized spacial score (nSPS) is 9.29. The first kappa shape index (κ1) is 32.9. The Bertz CT molecular complexity index is 606. The highest BCUT2D eigenvalue weighted by Crippen LogP contribution is 2.08. The van der Waals surface area contributed by atoms with E-state index in [1.807, 2.05) is 97.1 Å². The van der Waals surface area contributed by atoms with Crippen molar-refractivity contribution in [2.24, 2.45) is 10.8 Å². The fourth-order valence-electron chi connectivity index (χ4n) is 1.29. The molecule has 0 unspecified atom stereocenters. The molecule has 0 heterocycles. The Kier molecular flexibility index (Phi) is 20.4. The van der Waals surface area contributed by atoms with Crippen molar-refractivity contribution in [2.45, 2.75) is 62.8 Å². The van der Waals surface area contributed by atoms with Crippen molar-refractivity contribution < 1.29 is 0 Å². The lowest BCUT2D eigenvalue weighted by Gasteiger charge is -2.05. The van der Waals surface area contributed by atoms with Gasteiger partial charge in [-0.2, -0.15) is 0 Å². The number of hydrogen-bond acceptors (Lipinski definition) is 2. The lowest BCUT2D eigenvalue weighted by Crippen LogP contribution is -1.93. The number of benzene rings is 3. The SMILES string of the molecule is C.CC(C)(C)C.CC(C)(C)C.Nc1ccccc1.Nc1ccccc1.c1ccccc1. The number of anilines is 2. The number of para-hydroxylation sites is 2. The second kappa shape index (κ2) is 19.2. The van der Waals surface area contributed by atoms with E-state index in [1.54, 1.807) is 0 Å². The summed E-state index contributed by atoms with van der Waals surface area (Å²) in [5, 5.41) is 0. The average molecular weight is 425 g/mol. The third-order valence-electron chi connectivity index (χ3n) is 2.27. The van der Waals surface area contributed by atoms with Crippen LogP contribution in [0.15, 0.2) is 97.1 Å². The molecule has 3 rings (SSSR count). The second-order valence-electron chi connectivity index (χ2n) is 9.98. The topological polar surface area (TPSA) is 52.0 Å². The summed E-state index contributed by atoms with van der Waals surface area (Å²) in [5.41, 5.74) is 13.4. The molecule has 0 aliphatic rings. The molecule has 0 atom stereocenters. The van der Waals surface area contributed by atoms with Crippen molar-refractivity contribution in [3.05, 3.63) is 97.1 Å². The first-order chi connectivity index (χ1) is 13.8. The minimum Gasteiger partial charge on any atom is -0.399 e. The van der Waals surface area contributed by atoms with Gasteiger partial charge < -0.3 is 11.5 Å². The van der Waals surface area contributed by atoms with Crippen LogP contribution in [0.25, 0.3) is 0 Å². The van der Waals surface area contributed by atoms with Crippen LogP contribution in [0.1, 0.15) is 62.8 Å². The highest BCUT2D eigenvalue weighted by Gasteiger charge is 1.96. The van der Waals surface area contributed by atoms with Crippen molar-refractivity contribution in [3.63, 3.8) is 0 Å². The fourth-order valence-corrected chi connectivity index (χ4v) is 1.29. The van der Waals surface area contributed by atoms with Gasteiger partial charge in [0.25, 0.3) is 0 Å². The Labute approximate surface area is 193 Å². The van der Waals surface area contributed by atoms with Gasteiger partial charge in [-0.1, -0.05) is 136 Å². The molecule has 0 radical (unpaired) electrons. The van der Waals surface area contributed by atoms with Gasteiger partial charge in [0, 0.05) is 11.4 Å². The molecule has 0 fully saturated rings. The largest absolute Gasteiger partial charge is 0.399 e. The molecule has 4 N–H and O–H groups in total. The first-order valence-electron chi connectivity index (χ1n) is 10.4. The lowest BCUT2D eigenvalue weighted by atomic mass is 10.0. The van der Waals surface area contributed by atoms with E-state index in [4.69, 9.17) is 11.5 Å². The standard InChI is InChI=1S/2C6H7N.C6H6.2C5H12.CH4/c2*7-6-4-2-1-3-5-6;1-2-4-6-5-3-1;2*1-5(2,3)4;/h2*1-5H,7H2;1-6H;2*1-4H3;1H4. The van der Waals surface area contributed by atoms with Gasteiger partial charge in [0.05, 0.1) is 0 Å². The summed E-state index contributed by atoms with van der Waals surface area (Å²) in [5.74, 6) is 0. The van der Waals surface area contributed by atoms with Crippen molar-refractivity contribution >= 4 is 11.4 Å². The zero-order valence-electron chi connectivity index (χ0n) is 20.4. The van der Waals surface area contributed by atoms with Crippen LogP contribution in [0.2, 0.25) is 0 Å². The first-order valence-corrected chi connectivity index (χ1v) is 10.4. The Morgan fingerprint density at radius 1 is 0.387 bits per heavy atom. The number of nitrogens with two attached hydrogens (primary N) is 2. The van der Waals surface area contributed by atoms with E-state index in [-0.39, 0.29) is 7.43 Å². The van der Waals surface area contributed by atoms with Crippen LogP contribution >= 0.6 is 0 Å². The molecule has 0 aliphatic heterocycles. The summed E-state index contributed by atoms with van der Waals surface area (Å²) in [6, 6.07) is 31.0. The highest BCUT2D eigenvalue weighted by atomic mass is 14.5. The van der Waals surface area contributed by atoms with Gasteiger partial charge in [-0.25, -0.2) is 0 Å². The summed E-state index contributed by atoms with van der Waals surface area (Å²) in [7, 11) is 0. The summed E-state index contributed by atoms with van der Waals surface area (Å²) >= 11 is 0. The van der Waals surface area contributed by atoms with Crippen molar-refractivity contribution in [3.8, 4) is 0 Å². The van der Waals surface area contributed by atoms with Crippen LogP contribution in [-0.2, 0) is 0 Å². The van der Waals surface area contributed by atoms with Gasteiger partial charge in [0.2, 0.25) is 0 Å². The predicted molar refractivity (Wildman–Crippen MR) is 145 cm³/mol. The van der Waals surface area contributed by atoms with Gasteiger partial charge >= 0.3 is 0 Å². The zero-order valence-corrected chi connectivity index (χ0v) is 20.4. The molecule has 0 aliphatic carbocycles. The van der Waals surface area contributed by atoms with Crippen LogP contribution in [0, 0.1) is 10.8 Å². The molecule has 0 saturated carbocycles. The molecular formula is C29H48N2. The lowest BCUT2D eigenvalue weighted by molar-refractivity contribution is 0.469. The van der Waals surface area contributed by atoms with Crippen LogP contribution in [0.3, 0.4) is 0 Å². The minimum atomic E-state index is 0. The number of hydrogen-bond donors (Lipinski definition) is 2. The molecule has 174 valence electrons. The van der Waals surface area contributed by atoms with E-state index in [0.29, 0.717) is 10.8 Å². The molecule has 0 amide bonds. The van der Waals surface area contributed by atoms with Crippen LogP contribution in [-0.4, -0.2) is 0 Å². The molecule has 2 heteroatoms. The van der Waals surface area contributed by atoms with E-state index in [9.17, 15) is 0 Å². The van der Waals surface area contributed by atoms with Crippen LogP contribution < -0.4 is 11.5 Å². The smallest absolute Gasteiger partial charge is 0.0313 e. The average Bonchev–Trinajstić information content (AvgIpc) is 2.63. The maximum atomic E-state index is 5.36. The van der Waals surface area contributed by atoms with E-state index in [2.05, 4.69) is 55.4 Å². The Morgan fingerprint density at radius 2 is 0.516 bits per heavy atom. The molecule has 0 aromatic heterocycles. The molecule has 31 heavy (non-hydrogen) atoms. The van der Waals surface area contributed by atoms with Crippen LogP contribution in [0.4, 0.5) is 11.4 Å². The maximum Gasteiger partial charge on any atom is 0.0313 e. The molecule has 0 bridgehead atoms. The Hall–Kier alpha value is -2.74. The zero-order chi connectivity index (χ0) is 23.5. The quantitative estimate of drug-likeness (QED) is 0.354. The summed E-state index contributed by atoms with van der Waals surface area (Å²) in [6.07, 6.45) is 0. The maximum absolute atomic E-state index is 5.36. The molecule has 3 aromatic rings. The van der Waals surface area contributed by atoms with E-state index in [1.165, 1.54) is 0 Å². The Morgan fingerprint density at radius 3 is 0.613 bits per heavy atom. The number of nitrogen functional groups attached to an aromatic ring is 2. The Balaban J connectivity index is -0.000000317. The molecule has 0 saturated heterocycles. The molecule has 0 spiro atoms.